The first-order valence-electron chi connectivity index (χ1n) is 9.71. The van der Waals surface area contributed by atoms with Gasteiger partial charge in [0.25, 0.3) is 0 Å². The lowest BCUT2D eigenvalue weighted by Crippen LogP contribution is -2.36. The molecule has 2 heterocycles. The van der Waals surface area contributed by atoms with Crippen LogP contribution in [-0.2, 0) is 24.2 Å². The first-order valence-corrected chi connectivity index (χ1v) is 9.71. The Kier molecular flexibility index (Phi) is 5.68. The van der Waals surface area contributed by atoms with Crippen molar-refractivity contribution in [3.63, 3.8) is 0 Å². The second-order valence-electron chi connectivity index (χ2n) is 7.29. The van der Waals surface area contributed by atoms with Gasteiger partial charge in [0.15, 0.2) is 0 Å². The predicted octanol–water partition coefficient (Wildman–Crippen LogP) is 3.98. The van der Waals surface area contributed by atoms with Crippen molar-refractivity contribution in [1.82, 2.24) is 4.98 Å². The maximum atomic E-state index is 12.8. The Labute approximate surface area is 162 Å². The van der Waals surface area contributed by atoms with Crippen molar-refractivity contribution in [1.29, 1.82) is 0 Å². The Hall–Kier alpha value is -2.56. The Morgan fingerprint density at radius 3 is 2.59 bits per heavy atom. The third-order valence-corrected chi connectivity index (χ3v) is 5.01. The van der Waals surface area contributed by atoms with E-state index in [1.807, 2.05) is 37.9 Å². The highest BCUT2D eigenvalue weighted by Crippen LogP contribution is 2.31. The van der Waals surface area contributed by atoms with Crippen LogP contribution < -0.4 is 14.5 Å². The molecule has 1 aliphatic rings. The molecule has 1 amide bonds. The van der Waals surface area contributed by atoms with Crippen molar-refractivity contribution < 1.29 is 9.53 Å². The molecule has 2 aromatic rings. The van der Waals surface area contributed by atoms with E-state index in [0.29, 0.717) is 13.0 Å². The monoisotopic (exact) mass is 367 g/mol. The number of hydrogen-bond acceptors (Lipinski definition) is 4. The Balaban J connectivity index is 1.89. The third kappa shape index (κ3) is 4.07. The van der Waals surface area contributed by atoms with E-state index in [-0.39, 0.29) is 12.0 Å². The molecule has 1 aromatic heterocycles. The van der Waals surface area contributed by atoms with E-state index in [2.05, 4.69) is 35.9 Å². The molecule has 0 spiro atoms. The molecule has 0 fully saturated rings. The van der Waals surface area contributed by atoms with Crippen LogP contribution in [0.15, 0.2) is 30.5 Å². The Morgan fingerprint density at radius 2 is 2.00 bits per heavy atom. The number of rotatable bonds is 6. The molecule has 0 N–H and O–H groups in total. The van der Waals surface area contributed by atoms with Gasteiger partial charge >= 0.3 is 0 Å². The number of aryl methyl sites for hydroxylation is 1. The molecule has 3 rings (SSSR count). The number of aromatic nitrogens is 1. The predicted molar refractivity (Wildman–Crippen MR) is 110 cm³/mol. The quantitative estimate of drug-likeness (QED) is 0.775. The number of ether oxygens (including phenoxy) is 1. The molecular formula is C22H29N3O2. The largest absolute Gasteiger partial charge is 0.491 e. The zero-order valence-corrected chi connectivity index (χ0v) is 17.0. The van der Waals surface area contributed by atoms with Crippen LogP contribution >= 0.6 is 0 Å². The van der Waals surface area contributed by atoms with Crippen molar-refractivity contribution >= 4 is 17.4 Å². The minimum atomic E-state index is 0.112. The second kappa shape index (κ2) is 7.99. The minimum Gasteiger partial charge on any atom is -0.491 e. The highest BCUT2D eigenvalue weighted by atomic mass is 16.5. The summed E-state index contributed by atoms with van der Waals surface area (Å²) < 4.78 is 6.00. The molecule has 1 aromatic carbocycles. The van der Waals surface area contributed by atoms with Gasteiger partial charge in [0.05, 0.1) is 31.0 Å². The molecule has 0 saturated carbocycles. The number of carbonyl (C=O) groups is 1. The number of amides is 1. The van der Waals surface area contributed by atoms with Crippen molar-refractivity contribution in [2.75, 3.05) is 23.4 Å². The maximum Gasteiger partial charge on any atom is 0.231 e. The van der Waals surface area contributed by atoms with Gasteiger partial charge in [-0.15, -0.1) is 0 Å². The van der Waals surface area contributed by atoms with E-state index in [1.165, 1.54) is 0 Å². The smallest absolute Gasteiger partial charge is 0.231 e. The fraction of sp³-hybridized carbons (Fsp3) is 0.455. The van der Waals surface area contributed by atoms with Gasteiger partial charge in [-0.3, -0.25) is 4.79 Å². The van der Waals surface area contributed by atoms with Gasteiger partial charge in [0.1, 0.15) is 11.6 Å². The summed E-state index contributed by atoms with van der Waals surface area (Å²) in [5.41, 5.74) is 4.26. The van der Waals surface area contributed by atoms with Crippen molar-refractivity contribution in [3.8, 4) is 5.75 Å². The van der Waals surface area contributed by atoms with Crippen LogP contribution in [0.1, 0.15) is 44.4 Å². The lowest BCUT2D eigenvalue weighted by Gasteiger charge is -2.30. The van der Waals surface area contributed by atoms with Crippen molar-refractivity contribution in [2.24, 2.45) is 0 Å². The summed E-state index contributed by atoms with van der Waals surface area (Å²) >= 11 is 0. The SMILES string of the molecule is CCc1cc2c(cc1OC(C)C)CN(c1ccc(N(C)CC)nc1)C(=O)C2. The molecule has 27 heavy (non-hydrogen) atoms. The summed E-state index contributed by atoms with van der Waals surface area (Å²) in [6.07, 6.45) is 3.22. The highest BCUT2D eigenvalue weighted by Gasteiger charge is 2.26. The van der Waals surface area contributed by atoms with Gasteiger partial charge in [-0.1, -0.05) is 13.0 Å². The van der Waals surface area contributed by atoms with Crippen LogP contribution in [0.3, 0.4) is 0 Å². The van der Waals surface area contributed by atoms with Gasteiger partial charge in [-0.25, -0.2) is 4.98 Å². The van der Waals surface area contributed by atoms with Crippen LogP contribution in [0.25, 0.3) is 0 Å². The average molecular weight is 367 g/mol. The first kappa shape index (κ1) is 19.2. The molecule has 144 valence electrons. The van der Waals surface area contributed by atoms with E-state index in [4.69, 9.17) is 4.74 Å². The molecule has 5 heteroatoms. The van der Waals surface area contributed by atoms with Gasteiger partial charge in [-0.2, -0.15) is 0 Å². The zero-order valence-electron chi connectivity index (χ0n) is 17.0. The summed E-state index contributed by atoms with van der Waals surface area (Å²) in [6, 6.07) is 8.19. The van der Waals surface area contributed by atoms with Crippen LogP contribution in [0.5, 0.6) is 5.75 Å². The summed E-state index contributed by atoms with van der Waals surface area (Å²) in [4.78, 5) is 21.1. The average Bonchev–Trinajstić information content (AvgIpc) is 2.66. The summed E-state index contributed by atoms with van der Waals surface area (Å²) in [7, 11) is 2.01. The van der Waals surface area contributed by atoms with E-state index in [1.54, 1.807) is 6.20 Å². The zero-order chi connectivity index (χ0) is 19.6. The number of benzene rings is 1. The van der Waals surface area contributed by atoms with Crippen LogP contribution in [0.4, 0.5) is 11.5 Å². The molecule has 0 atom stereocenters. The number of anilines is 2. The van der Waals surface area contributed by atoms with E-state index >= 15 is 0 Å². The number of hydrogen-bond donors (Lipinski definition) is 0. The highest BCUT2D eigenvalue weighted by molar-refractivity contribution is 5.96. The van der Waals surface area contributed by atoms with Gasteiger partial charge in [0.2, 0.25) is 5.91 Å². The van der Waals surface area contributed by atoms with E-state index in [9.17, 15) is 4.79 Å². The van der Waals surface area contributed by atoms with Crippen LogP contribution in [-0.4, -0.2) is 30.6 Å². The Bertz CT molecular complexity index is 815. The fourth-order valence-corrected chi connectivity index (χ4v) is 3.35. The number of pyridine rings is 1. The van der Waals surface area contributed by atoms with Crippen LogP contribution in [0, 0.1) is 0 Å². The lowest BCUT2D eigenvalue weighted by molar-refractivity contribution is -0.118. The number of nitrogens with zero attached hydrogens (tertiary/aromatic N) is 3. The topological polar surface area (TPSA) is 45.7 Å². The maximum absolute atomic E-state index is 12.8. The minimum absolute atomic E-state index is 0.112. The molecule has 0 radical (unpaired) electrons. The Morgan fingerprint density at radius 1 is 1.22 bits per heavy atom. The van der Waals surface area contributed by atoms with Crippen LogP contribution in [0.2, 0.25) is 0 Å². The lowest BCUT2D eigenvalue weighted by atomic mass is 9.95. The van der Waals surface area contributed by atoms with Gasteiger partial charge < -0.3 is 14.5 Å². The van der Waals surface area contributed by atoms with E-state index < -0.39 is 0 Å². The standard InChI is InChI=1S/C22H29N3O2/c1-6-16-10-17-12-22(26)25(14-18(17)11-20(16)27-15(3)4)19-8-9-21(23-13-19)24(5)7-2/h8-11,13,15H,6-7,12,14H2,1-5H3. The fourth-order valence-electron chi connectivity index (χ4n) is 3.35. The summed E-state index contributed by atoms with van der Waals surface area (Å²) in [5.74, 6) is 1.95. The summed E-state index contributed by atoms with van der Waals surface area (Å²) in [5, 5.41) is 0. The molecule has 0 aliphatic carbocycles. The molecular weight excluding hydrogens is 338 g/mol. The number of fused-ring (bicyclic) bond motifs is 1. The normalized spacial score (nSPS) is 13.7. The summed E-state index contributed by atoms with van der Waals surface area (Å²) in [6.45, 7) is 9.72. The number of carbonyl (C=O) groups excluding carboxylic acids is 1. The van der Waals surface area contributed by atoms with Crippen molar-refractivity contribution in [3.05, 3.63) is 47.2 Å². The molecule has 0 bridgehead atoms. The van der Waals surface area contributed by atoms with E-state index in [0.717, 1.165) is 46.9 Å². The van der Waals surface area contributed by atoms with Crippen molar-refractivity contribution in [2.45, 2.75) is 53.2 Å². The molecule has 5 nitrogen and oxygen atoms in total. The molecule has 0 saturated heterocycles. The molecule has 1 aliphatic heterocycles. The first-order chi connectivity index (χ1) is 12.9. The van der Waals surface area contributed by atoms with Gasteiger partial charge in [-0.05, 0) is 62.1 Å². The van der Waals surface area contributed by atoms with Gasteiger partial charge in [0, 0.05) is 13.6 Å². The third-order valence-electron chi connectivity index (χ3n) is 5.01. The second-order valence-corrected chi connectivity index (χ2v) is 7.29. The molecule has 0 unspecified atom stereocenters.